The highest BCUT2D eigenvalue weighted by molar-refractivity contribution is 5.63. The van der Waals surface area contributed by atoms with Crippen LogP contribution in [0.5, 0.6) is 0 Å². The van der Waals surface area contributed by atoms with Crippen molar-refractivity contribution in [1.29, 1.82) is 0 Å². The summed E-state index contributed by atoms with van der Waals surface area (Å²) < 4.78 is 18.7. The average Bonchev–Trinajstić information content (AvgIpc) is 2.86. The Balaban J connectivity index is 1.59. The van der Waals surface area contributed by atoms with Crippen molar-refractivity contribution in [3.8, 4) is 11.3 Å². The summed E-state index contributed by atoms with van der Waals surface area (Å²) in [7, 11) is 0. The van der Waals surface area contributed by atoms with E-state index in [1.807, 2.05) is 0 Å². The van der Waals surface area contributed by atoms with Crippen molar-refractivity contribution in [3.05, 3.63) is 47.7 Å². The topological polar surface area (TPSA) is 38.2 Å². The molecule has 2 aromatic rings. The summed E-state index contributed by atoms with van der Waals surface area (Å²) in [5, 5.41) is 0. The van der Waals surface area contributed by atoms with E-state index < -0.39 is 0 Å². The molecular weight excluding hydrogens is 305 g/mol. The summed E-state index contributed by atoms with van der Waals surface area (Å²) in [5.74, 6) is -0.218. The lowest BCUT2D eigenvalue weighted by molar-refractivity contribution is 0.0355. The van der Waals surface area contributed by atoms with Crippen LogP contribution in [0.1, 0.15) is 24.1 Å². The molecule has 2 aliphatic rings. The SMILES string of the molecule is Fc1ccc(-c2ncnc3c2CCN(C2CCOCC2)CC3)cc1. The maximum absolute atomic E-state index is 13.2. The molecule has 4 rings (SSSR count). The van der Waals surface area contributed by atoms with Crippen LogP contribution >= 0.6 is 0 Å². The van der Waals surface area contributed by atoms with E-state index in [1.54, 1.807) is 18.5 Å². The van der Waals surface area contributed by atoms with Gasteiger partial charge in [0, 0.05) is 55.6 Å². The van der Waals surface area contributed by atoms with Crippen molar-refractivity contribution < 1.29 is 9.13 Å². The minimum atomic E-state index is -0.218. The fourth-order valence-corrected chi connectivity index (χ4v) is 3.82. The molecule has 0 bridgehead atoms. The number of benzene rings is 1. The lowest BCUT2D eigenvalue weighted by Gasteiger charge is -2.33. The van der Waals surface area contributed by atoms with Gasteiger partial charge in [-0.2, -0.15) is 0 Å². The van der Waals surface area contributed by atoms with Gasteiger partial charge in [-0.3, -0.25) is 4.90 Å². The first-order valence-electron chi connectivity index (χ1n) is 8.72. The van der Waals surface area contributed by atoms with E-state index >= 15 is 0 Å². The molecule has 1 fully saturated rings. The van der Waals surface area contributed by atoms with Gasteiger partial charge in [-0.25, -0.2) is 14.4 Å². The predicted molar refractivity (Wildman–Crippen MR) is 90.2 cm³/mol. The maximum Gasteiger partial charge on any atom is 0.123 e. The highest BCUT2D eigenvalue weighted by atomic mass is 19.1. The molecule has 3 heterocycles. The van der Waals surface area contributed by atoms with Crippen molar-refractivity contribution in [1.82, 2.24) is 14.9 Å². The predicted octanol–water partition coefficient (Wildman–Crippen LogP) is 2.86. The summed E-state index contributed by atoms with van der Waals surface area (Å²) in [4.78, 5) is 11.6. The third kappa shape index (κ3) is 3.19. The third-order valence-electron chi connectivity index (χ3n) is 5.14. The number of hydrogen-bond acceptors (Lipinski definition) is 4. The van der Waals surface area contributed by atoms with E-state index in [0.29, 0.717) is 6.04 Å². The zero-order valence-corrected chi connectivity index (χ0v) is 13.7. The Kier molecular flexibility index (Phi) is 4.54. The molecule has 24 heavy (non-hydrogen) atoms. The Morgan fingerprint density at radius 1 is 1.00 bits per heavy atom. The molecule has 0 aliphatic carbocycles. The fourth-order valence-electron chi connectivity index (χ4n) is 3.82. The van der Waals surface area contributed by atoms with Gasteiger partial charge in [-0.15, -0.1) is 0 Å². The lowest BCUT2D eigenvalue weighted by atomic mass is 10.0. The minimum absolute atomic E-state index is 0.218. The quantitative estimate of drug-likeness (QED) is 0.850. The second kappa shape index (κ2) is 6.95. The van der Waals surface area contributed by atoms with Gasteiger partial charge in [0.1, 0.15) is 12.1 Å². The summed E-state index contributed by atoms with van der Waals surface area (Å²) in [5.41, 5.74) is 4.28. The average molecular weight is 327 g/mol. The molecule has 1 aromatic heterocycles. The van der Waals surface area contributed by atoms with Crippen LogP contribution in [0.2, 0.25) is 0 Å². The first-order chi connectivity index (χ1) is 11.8. The summed E-state index contributed by atoms with van der Waals surface area (Å²) in [6.45, 7) is 3.81. The Morgan fingerprint density at radius 2 is 1.75 bits per heavy atom. The van der Waals surface area contributed by atoms with Crippen LogP contribution in [-0.4, -0.2) is 47.2 Å². The van der Waals surface area contributed by atoms with E-state index in [9.17, 15) is 4.39 Å². The molecule has 1 aromatic carbocycles. The van der Waals surface area contributed by atoms with Crippen LogP contribution in [0.25, 0.3) is 11.3 Å². The number of aromatic nitrogens is 2. The first-order valence-corrected chi connectivity index (χ1v) is 8.72. The highest BCUT2D eigenvalue weighted by Gasteiger charge is 2.25. The van der Waals surface area contributed by atoms with Gasteiger partial charge >= 0.3 is 0 Å². The molecule has 1 saturated heterocycles. The van der Waals surface area contributed by atoms with Crippen molar-refractivity contribution in [2.75, 3.05) is 26.3 Å². The molecule has 126 valence electrons. The van der Waals surface area contributed by atoms with Crippen LogP contribution in [0.3, 0.4) is 0 Å². The van der Waals surface area contributed by atoms with Gasteiger partial charge < -0.3 is 4.74 Å². The van der Waals surface area contributed by atoms with Gasteiger partial charge in [0.2, 0.25) is 0 Å². The number of fused-ring (bicyclic) bond motifs is 1. The Bertz CT molecular complexity index is 698. The van der Waals surface area contributed by atoms with Crippen molar-refractivity contribution in [3.63, 3.8) is 0 Å². The molecule has 0 saturated carbocycles. The van der Waals surface area contributed by atoms with Crippen LogP contribution in [0, 0.1) is 5.82 Å². The summed E-state index contributed by atoms with van der Waals surface area (Å²) in [6, 6.07) is 7.22. The molecule has 0 spiro atoms. The second-order valence-electron chi connectivity index (χ2n) is 6.53. The Morgan fingerprint density at radius 3 is 2.54 bits per heavy atom. The van der Waals surface area contributed by atoms with E-state index in [1.165, 1.54) is 17.7 Å². The zero-order valence-electron chi connectivity index (χ0n) is 13.7. The van der Waals surface area contributed by atoms with Crippen molar-refractivity contribution in [2.45, 2.75) is 31.7 Å². The molecular formula is C19H22FN3O. The lowest BCUT2D eigenvalue weighted by Crippen LogP contribution is -2.40. The standard InChI is InChI=1S/C19H22FN3O/c20-15-3-1-14(2-4-15)19-17-5-9-23(16-7-11-24-12-8-16)10-6-18(17)21-13-22-19/h1-4,13,16H,5-12H2. The van der Waals surface area contributed by atoms with Crippen molar-refractivity contribution >= 4 is 0 Å². The van der Waals surface area contributed by atoms with Gasteiger partial charge in [0.15, 0.2) is 0 Å². The number of halogens is 1. The monoisotopic (exact) mass is 327 g/mol. The van der Waals surface area contributed by atoms with Gasteiger partial charge in [-0.05, 0) is 43.5 Å². The summed E-state index contributed by atoms with van der Waals surface area (Å²) >= 11 is 0. The second-order valence-corrected chi connectivity index (χ2v) is 6.53. The smallest absolute Gasteiger partial charge is 0.123 e. The molecule has 2 aliphatic heterocycles. The normalized spacial score (nSPS) is 19.7. The number of nitrogens with zero attached hydrogens (tertiary/aromatic N) is 3. The van der Waals surface area contributed by atoms with E-state index in [-0.39, 0.29) is 5.82 Å². The molecule has 0 unspecified atom stereocenters. The van der Waals surface area contributed by atoms with Gasteiger partial charge in [-0.1, -0.05) is 0 Å². The largest absolute Gasteiger partial charge is 0.381 e. The van der Waals surface area contributed by atoms with Crippen LogP contribution in [-0.2, 0) is 17.6 Å². The summed E-state index contributed by atoms with van der Waals surface area (Å²) in [6.07, 6.45) is 5.77. The molecule has 0 amide bonds. The molecule has 4 nitrogen and oxygen atoms in total. The molecule has 0 atom stereocenters. The third-order valence-corrected chi connectivity index (χ3v) is 5.14. The van der Waals surface area contributed by atoms with Gasteiger partial charge in [0.05, 0.1) is 5.69 Å². The molecule has 5 heteroatoms. The number of ether oxygens (including phenoxy) is 1. The van der Waals surface area contributed by atoms with E-state index in [2.05, 4.69) is 14.9 Å². The first kappa shape index (κ1) is 15.7. The Hall–Kier alpha value is -1.85. The number of hydrogen-bond donors (Lipinski definition) is 0. The van der Waals surface area contributed by atoms with E-state index in [4.69, 9.17) is 4.74 Å². The highest BCUT2D eigenvalue weighted by Crippen LogP contribution is 2.27. The van der Waals surface area contributed by atoms with E-state index in [0.717, 1.165) is 68.9 Å². The van der Waals surface area contributed by atoms with Crippen LogP contribution in [0.4, 0.5) is 4.39 Å². The molecule has 0 N–H and O–H groups in total. The number of rotatable bonds is 2. The Labute approximate surface area is 141 Å². The van der Waals surface area contributed by atoms with Gasteiger partial charge in [0.25, 0.3) is 0 Å². The zero-order chi connectivity index (χ0) is 16.4. The van der Waals surface area contributed by atoms with Crippen LogP contribution < -0.4 is 0 Å². The fraction of sp³-hybridized carbons (Fsp3) is 0.474. The minimum Gasteiger partial charge on any atom is -0.381 e. The van der Waals surface area contributed by atoms with Crippen LogP contribution in [0.15, 0.2) is 30.6 Å². The molecule has 0 radical (unpaired) electrons. The maximum atomic E-state index is 13.2. The van der Waals surface area contributed by atoms with Crippen molar-refractivity contribution in [2.24, 2.45) is 0 Å².